The van der Waals surface area contributed by atoms with Gasteiger partial charge in [-0.25, -0.2) is 0 Å². The molecule has 0 saturated heterocycles. The van der Waals surface area contributed by atoms with E-state index in [4.69, 9.17) is 37.4 Å². The molecule has 0 aliphatic rings. The van der Waals surface area contributed by atoms with Gasteiger partial charge in [0.25, 0.3) is 11.8 Å². The van der Waals surface area contributed by atoms with Gasteiger partial charge in [0.15, 0.2) is 18.1 Å². The molecule has 29 heavy (non-hydrogen) atoms. The largest absolute Gasteiger partial charge is 0.493 e. The van der Waals surface area contributed by atoms with Crippen molar-refractivity contribution in [3.05, 3.63) is 52.0 Å². The van der Waals surface area contributed by atoms with E-state index < -0.39 is 30.9 Å². The quantitative estimate of drug-likeness (QED) is 0.611. The molecule has 2 amide bonds. The van der Waals surface area contributed by atoms with Crippen LogP contribution in [0.5, 0.6) is 11.5 Å². The fourth-order valence-corrected chi connectivity index (χ4v) is 2.66. The molecule has 0 atom stereocenters. The fourth-order valence-electron chi connectivity index (χ4n) is 2.21. The standard InChI is InChI=1S/C19H18Cl2N2O6/c1-27-15-6-3-11(7-16(15)28-2)19(26)22-9-18(25)29-10-17(24)23-14-5-4-12(20)8-13(14)21/h3-8H,9-10H2,1-2H3,(H,22,26)(H,23,24). The second-order valence-corrected chi connectivity index (χ2v) is 6.43. The number of hydrogen-bond donors (Lipinski definition) is 2. The summed E-state index contributed by atoms with van der Waals surface area (Å²) in [6, 6.07) is 9.10. The first-order valence-electron chi connectivity index (χ1n) is 8.24. The first-order chi connectivity index (χ1) is 13.8. The van der Waals surface area contributed by atoms with E-state index >= 15 is 0 Å². The van der Waals surface area contributed by atoms with Crippen molar-refractivity contribution in [1.29, 1.82) is 0 Å². The first-order valence-corrected chi connectivity index (χ1v) is 9.00. The number of ether oxygens (including phenoxy) is 3. The van der Waals surface area contributed by atoms with Crippen LogP contribution in [0.3, 0.4) is 0 Å². The molecular formula is C19H18Cl2N2O6. The number of methoxy groups -OCH3 is 2. The van der Waals surface area contributed by atoms with E-state index in [-0.39, 0.29) is 10.6 Å². The third-order valence-corrected chi connectivity index (χ3v) is 4.16. The molecule has 8 nitrogen and oxygen atoms in total. The van der Waals surface area contributed by atoms with Gasteiger partial charge in [0.2, 0.25) is 0 Å². The number of rotatable bonds is 8. The van der Waals surface area contributed by atoms with E-state index in [9.17, 15) is 14.4 Å². The van der Waals surface area contributed by atoms with E-state index in [1.807, 2.05) is 0 Å². The van der Waals surface area contributed by atoms with Gasteiger partial charge >= 0.3 is 5.97 Å². The Morgan fingerprint density at radius 3 is 2.34 bits per heavy atom. The van der Waals surface area contributed by atoms with Gasteiger partial charge in [-0.15, -0.1) is 0 Å². The second kappa shape index (κ2) is 10.5. The van der Waals surface area contributed by atoms with Crippen LogP contribution in [0.15, 0.2) is 36.4 Å². The lowest BCUT2D eigenvalue weighted by atomic mass is 10.2. The number of carbonyl (C=O) groups excluding carboxylic acids is 3. The molecule has 0 aliphatic heterocycles. The first kappa shape index (κ1) is 22.3. The molecule has 0 fully saturated rings. The number of hydrogen-bond acceptors (Lipinski definition) is 6. The lowest BCUT2D eigenvalue weighted by Crippen LogP contribution is -2.32. The van der Waals surface area contributed by atoms with E-state index in [2.05, 4.69) is 10.6 Å². The van der Waals surface area contributed by atoms with Gasteiger partial charge in [-0.2, -0.15) is 0 Å². The average molecular weight is 441 g/mol. The highest BCUT2D eigenvalue weighted by molar-refractivity contribution is 6.36. The van der Waals surface area contributed by atoms with Gasteiger partial charge < -0.3 is 24.8 Å². The molecule has 0 aliphatic carbocycles. The molecule has 10 heteroatoms. The van der Waals surface area contributed by atoms with E-state index in [1.54, 1.807) is 12.1 Å². The van der Waals surface area contributed by atoms with Crippen molar-refractivity contribution in [3.8, 4) is 11.5 Å². The molecule has 0 saturated carbocycles. The maximum absolute atomic E-state index is 12.1. The van der Waals surface area contributed by atoms with Crippen LogP contribution in [0, 0.1) is 0 Å². The van der Waals surface area contributed by atoms with Gasteiger partial charge in [-0.1, -0.05) is 23.2 Å². The predicted molar refractivity (Wildman–Crippen MR) is 108 cm³/mol. The summed E-state index contributed by atoms with van der Waals surface area (Å²) >= 11 is 11.7. The monoisotopic (exact) mass is 440 g/mol. The van der Waals surface area contributed by atoms with Gasteiger partial charge in [-0.05, 0) is 36.4 Å². The number of benzene rings is 2. The maximum atomic E-state index is 12.1. The molecule has 2 N–H and O–H groups in total. The van der Waals surface area contributed by atoms with E-state index in [0.29, 0.717) is 22.2 Å². The Morgan fingerprint density at radius 2 is 1.69 bits per heavy atom. The van der Waals surface area contributed by atoms with Crippen LogP contribution in [0.2, 0.25) is 10.0 Å². The van der Waals surface area contributed by atoms with Crippen molar-refractivity contribution in [2.45, 2.75) is 0 Å². The van der Waals surface area contributed by atoms with Crippen molar-refractivity contribution in [2.75, 3.05) is 32.7 Å². The van der Waals surface area contributed by atoms with Crippen molar-refractivity contribution in [2.24, 2.45) is 0 Å². The Hall–Kier alpha value is -2.97. The number of esters is 1. The Kier molecular flexibility index (Phi) is 8.11. The summed E-state index contributed by atoms with van der Waals surface area (Å²) in [6.45, 7) is -0.952. The molecule has 0 radical (unpaired) electrons. The lowest BCUT2D eigenvalue weighted by Gasteiger charge is -2.10. The Morgan fingerprint density at radius 1 is 0.966 bits per heavy atom. The van der Waals surface area contributed by atoms with Crippen LogP contribution in [0.25, 0.3) is 0 Å². The maximum Gasteiger partial charge on any atom is 0.325 e. The molecule has 0 heterocycles. The van der Waals surface area contributed by atoms with Crippen LogP contribution >= 0.6 is 23.2 Å². The smallest absolute Gasteiger partial charge is 0.325 e. The number of nitrogens with one attached hydrogen (secondary N) is 2. The average Bonchev–Trinajstić information content (AvgIpc) is 2.71. The minimum atomic E-state index is -0.781. The van der Waals surface area contributed by atoms with Gasteiger partial charge in [0.05, 0.1) is 24.9 Å². The SMILES string of the molecule is COc1ccc(C(=O)NCC(=O)OCC(=O)Nc2ccc(Cl)cc2Cl)cc1OC. The van der Waals surface area contributed by atoms with E-state index in [1.165, 1.54) is 38.5 Å². The van der Waals surface area contributed by atoms with Gasteiger partial charge in [0.1, 0.15) is 6.54 Å². The summed E-state index contributed by atoms with van der Waals surface area (Å²) < 4.78 is 15.0. The Labute approximate surface area is 177 Å². The highest BCUT2D eigenvalue weighted by atomic mass is 35.5. The molecular weight excluding hydrogens is 423 g/mol. The summed E-state index contributed by atoms with van der Waals surface area (Å²) in [6.07, 6.45) is 0. The normalized spacial score (nSPS) is 10.1. The summed E-state index contributed by atoms with van der Waals surface area (Å²) in [7, 11) is 2.92. The highest BCUT2D eigenvalue weighted by Crippen LogP contribution is 2.27. The molecule has 0 bridgehead atoms. The predicted octanol–water partition coefficient (Wildman–Crippen LogP) is 2.92. The van der Waals surface area contributed by atoms with Crippen molar-refractivity contribution >= 4 is 46.7 Å². The molecule has 0 unspecified atom stereocenters. The summed E-state index contributed by atoms with van der Waals surface area (Å²) in [5.74, 6) is -1.04. The topological polar surface area (TPSA) is 103 Å². The van der Waals surface area contributed by atoms with E-state index in [0.717, 1.165) is 0 Å². The molecule has 2 rings (SSSR count). The van der Waals surface area contributed by atoms with Crippen LogP contribution < -0.4 is 20.1 Å². The minimum Gasteiger partial charge on any atom is -0.493 e. The third-order valence-electron chi connectivity index (χ3n) is 3.61. The fraction of sp³-hybridized carbons (Fsp3) is 0.211. The minimum absolute atomic E-state index is 0.249. The second-order valence-electron chi connectivity index (χ2n) is 5.59. The van der Waals surface area contributed by atoms with Gasteiger partial charge in [0, 0.05) is 10.6 Å². The molecule has 154 valence electrons. The number of anilines is 1. The lowest BCUT2D eigenvalue weighted by molar-refractivity contribution is -0.146. The number of carbonyl (C=O) groups is 3. The Bertz CT molecular complexity index is 920. The van der Waals surface area contributed by atoms with Crippen LogP contribution in [0.4, 0.5) is 5.69 Å². The van der Waals surface area contributed by atoms with Crippen LogP contribution in [-0.2, 0) is 14.3 Å². The molecule has 2 aromatic rings. The van der Waals surface area contributed by atoms with Crippen molar-refractivity contribution < 1.29 is 28.6 Å². The van der Waals surface area contributed by atoms with Crippen LogP contribution in [-0.4, -0.2) is 45.2 Å². The van der Waals surface area contributed by atoms with Crippen molar-refractivity contribution in [3.63, 3.8) is 0 Å². The van der Waals surface area contributed by atoms with Crippen LogP contribution in [0.1, 0.15) is 10.4 Å². The zero-order chi connectivity index (χ0) is 21.4. The zero-order valence-corrected chi connectivity index (χ0v) is 17.1. The van der Waals surface area contributed by atoms with Crippen molar-refractivity contribution in [1.82, 2.24) is 5.32 Å². The third kappa shape index (κ3) is 6.55. The molecule has 0 aromatic heterocycles. The molecule has 2 aromatic carbocycles. The number of amides is 2. The number of halogens is 2. The Balaban J connectivity index is 1.80. The molecule has 0 spiro atoms. The zero-order valence-electron chi connectivity index (χ0n) is 15.6. The highest BCUT2D eigenvalue weighted by Gasteiger charge is 2.14. The summed E-state index contributed by atoms with van der Waals surface area (Å²) in [4.78, 5) is 35.8. The summed E-state index contributed by atoms with van der Waals surface area (Å²) in [5.41, 5.74) is 0.601. The summed E-state index contributed by atoms with van der Waals surface area (Å²) in [5, 5.41) is 5.56. The van der Waals surface area contributed by atoms with Gasteiger partial charge in [-0.3, -0.25) is 14.4 Å².